The zero-order valence-corrected chi connectivity index (χ0v) is 11.9. The second-order valence-electron chi connectivity index (χ2n) is 4.75. The van der Waals surface area contributed by atoms with Gasteiger partial charge in [-0.2, -0.15) is 0 Å². The van der Waals surface area contributed by atoms with Crippen molar-refractivity contribution in [2.45, 2.75) is 34.5 Å². The normalized spacial score (nSPS) is 12.2. The standard InChI is InChI=1S/C5H9Si.3CH3.Sn/c1-5-6(2,3)4;;;;/h2-4H3;3*1H3;. The molecule has 0 aromatic rings. The fourth-order valence-electron chi connectivity index (χ4n) is 0.375. The van der Waals surface area contributed by atoms with Crippen molar-refractivity contribution in [2.24, 2.45) is 0 Å². The van der Waals surface area contributed by atoms with Gasteiger partial charge in [0.05, 0.1) is 0 Å². The first kappa shape index (κ1) is 10.6. The molecule has 0 radical (unpaired) electrons. The average Bonchev–Trinajstić information content (AvgIpc) is 1.57. The quantitative estimate of drug-likeness (QED) is 0.464. The van der Waals surface area contributed by atoms with Gasteiger partial charge in [0.1, 0.15) is 0 Å². The van der Waals surface area contributed by atoms with Crippen molar-refractivity contribution in [3.63, 3.8) is 0 Å². The van der Waals surface area contributed by atoms with Gasteiger partial charge in [0.2, 0.25) is 0 Å². The van der Waals surface area contributed by atoms with Gasteiger partial charge in [-0.15, -0.1) is 0 Å². The van der Waals surface area contributed by atoms with Gasteiger partial charge in [0.15, 0.2) is 0 Å². The van der Waals surface area contributed by atoms with Crippen LogP contribution in [0.5, 0.6) is 0 Å². The maximum absolute atomic E-state index is 3.48. The molecule has 0 fully saturated rings. The summed E-state index contributed by atoms with van der Waals surface area (Å²) in [7, 11) is -1.08. The Bertz CT molecular complexity index is 142. The predicted molar refractivity (Wildman–Crippen MR) is 54.5 cm³/mol. The van der Waals surface area contributed by atoms with E-state index >= 15 is 0 Å². The SMILES string of the molecule is C[Si](C)(C)C#[C][Sn]([CH3])([CH3])[CH3]. The van der Waals surface area contributed by atoms with Crippen LogP contribution in [0.15, 0.2) is 0 Å². The predicted octanol–water partition coefficient (Wildman–Crippen LogP) is 2.74. The van der Waals surface area contributed by atoms with E-state index in [0.29, 0.717) is 0 Å². The van der Waals surface area contributed by atoms with Gasteiger partial charge in [-0.25, -0.2) is 0 Å². The molecule has 0 N–H and O–H groups in total. The minimum atomic E-state index is -1.75. The first-order chi connectivity index (χ1) is 4.21. The molecule has 0 aliphatic carbocycles. The minimum absolute atomic E-state index is 1.08. The van der Waals surface area contributed by atoms with Crippen LogP contribution in [-0.2, 0) is 0 Å². The molecule has 0 unspecified atom stereocenters. The summed E-state index contributed by atoms with van der Waals surface area (Å²) in [6.07, 6.45) is 0. The Morgan fingerprint density at radius 3 is 1.50 bits per heavy atom. The number of hydrogen-bond donors (Lipinski definition) is 0. The van der Waals surface area contributed by atoms with Crippen molar-refractivity contribution in [3.8, 4) is 9.48 Å². The van der Waals surface area contributed by atoms with Crippen LogP contribution in [0.4, 0.5) is 0 Å². The van der Waals surface area contributed by atoms with Crippen LogP contribution in [0.25, 0.3) is 0 Å². The van der Waals surface area contributed by atoms with E-state index in [9.17, 15) is 0 Å². The van der Waals surface area contributed by atoms with Crippen molar-refractivity contribution in [1.29, 1.82) is 0 Å². The summed E-state index contributed by atoms with van der Waals surface area (Å²) >= 11 is -1.75. The molecule has 10 heavy (non-hydrogen) atoms. The molecular weight excluding hydrogens is 243 g/mol. The van der Waals surface area contributed by atoms with Crippen LogP contribution >= 0.6 is 0 Å². The van der Waals surface area contributed by atoms with Crippen molar-refractivity contribution in [1.82, 2.24) is 0 Å². The fourth-order valence-corrected chi connectivity index (χ4v) is 7.55. The molecular formula is C8H18SiSn. The van der Waals surface area contributed by atoms with Crippen LogP contribution in [0.2, 0.25) is 34.5 Å². The molecule has 0 saturated carbocycles. The van der Waals surface area contributed by atoms with Crippen LogP contribution < -0.4 is 0 Å². The third-order valence-corrected chi connectivity index (χ3v) is 4.90. The second-order valence-corrected chi connectivity index (χ2v) is 23.1. The van der Waals surface area contributed by atoms with E-state index in [1.165, 1.54) is 0 Å². The average molecular weight is 261 g/mol. The summed E-state index contributed by atoms with van der Waals surface area (Å²) in [4.78, 5) is 7.09. The third-order valence-electron chi connectivity index (χ3n) is 0.812. The first-order valence-electron chi connectivity index (χ1n) is 3.75. The summed E-state index contributed by atoms with van der Waals surface area (Å²) in [6.45, 7) is 6.91. The van der Waals surface area contributed by atoms with Crippen LogP contribution in [0.1, 0.15) is 0 Å². The Morgan fingerprint density at radius 1 is 1.00 bits per heavy atom. The first-order valence-corrected chi connectivity index (χ1v) is 17.2. The Kier molecular flexibility index (Phi) is 3.51. The molecule has 0 saturated heterocycles. The fraction of sp³-hybridized carbons (Fsp3) is 0.750. The molecule has 0 amide bonds. The van der Waals surface area contributed by atoms with Crippen molar-refractivity contribution in [3.05, 3.63) is 0 Å². The van der Waals surface area contributed by atoms with Gasteiger partial charge in [0.25, 0.3) is 0 Å². The summed E-state index contributed by atoms with van der Waals surface area (Å²) in [5.41, 5.74) is 3.44. The molecule has 2 heteroatoms. The van der Waals surface area contributed by atoms with E-state index in [4.69, 9.17) is 0 Å². The molecule has 0 aliphatic heterocycles. The molecule has 0 aromatic carbocycles. The Morgan fingerprint density at radius 2 is 1.40 bits per heavy atom. The van der Waals surface area contributed by atoms with Crippen LogP contribution in [0.3, 0.4) is 0 Å². The third kappa shape index (κ3) is 8.58. The van der Waals surface area contributed by atoms with Crippen LogP contribution in [0, 0.1) is 9.48 Å². The summed E-state index contributed by atoms with van der Waals surface area (Å²) < 4.78 is 3.48. The Balaban J connectivity index is 4.19. The summed E-state index contributed by atoms with van der Waals surface area (Å²) in [6, 6.07) is 0. The topological polar surface area (TPSA) is 0 Å². The van der Waals surface area contributed by atoms with E-state index in [1.807, 2.05) is 0 Å². The maximum atomic E-state index is 3.48. The Hall–Kier alpha value is 0.576. The molecule has 0 bridgehead atoms. The van der Waals surface area contributed by atoms with Gasteiger partial charge in [0, 0.05) is 0 Å². The molecule has 58 valence electrons. The summed E-state index contributed by atoms with van der Waals surface area (Å²) in [5.74, 6) is 0. The van der Waals surface area contributed by atoms with Crippen LogP contribution in [-0.4, -0.2) is 26.5 Å². The molecule has 0 aromatic heterocycles. The number of rotatable bonds is 0. The van der Waals surface area contributed by atoms with E-state index in [0.717, 1.165) is 0 Å². The second kappa shape index (κ2) is 3.31. The summed E-state index contributed by atoms with van der Waals surface area (Å²) in [5, 5.41) is 0. The molecule has 0 heterocycles. The van der Waals surface area contributed by atoms with Crippen molar-refractivity contribution in [2.75, 3.05) is 0 Å². The zero-order valence-electron chi connectivity index (χ0n) is 8.00. The zero-order chi connectivity index (χ0) is 8.41. The Labute approximate surface area is 70.3 Å². The molecule has 0 rings (SSSR count). The van der Waals surface area contributed by atoms with E-state index in [-0.39, 0.29) is 0 Å². The molecule has 0 spiro atoms. The van der Waals surface area contributed by atoms with Gasteiger partial charge in [-0.05, 0) is 0 Å². The van der Waals surface area contributed by atoms with Gasteiger partial charge in [-0.3, -0.25) is 0 Å². The monoisotopic (exact) mass is 262 g/mol. The number of hydrogen-bond acceptors (Lipinski definition) is 0. The van der Waals surface area contributed by atoms with E-state index < -0.39 is 26.5 Å². The van der Waals surface area contributed by atoms with Gasteiger partial charge in [-0.1, -0.05) is 0 Å². The molecule has 0 aliphatic rings. The van der Waals surface area contributed by atoms with Crippen molar-refractivity contribution < 1.29 is 0 Å². The molecule has 0 atom stereocenters. The van der Waals surface area contributed by atoms with Crippen molar-refractivity contribution >= 4 is 26.5 Å². The van der Waals surface area contributed by atoms with E-state index in [2.05, 4.69) is 43.9 Å². The van der Waals surface area contributed by atoms with Gasteiger partial charge >= 0.3 is 70.4 Å². The molecule has 0 nitrogen and oxygen atoms in total. The van der Waals surface area contributed by atoms with Gasteiger partial charge < -0.3 is 0 Å². The van der Waals surface area contributed by atoms with E-state index in [1.54, 1.807) is 0 Å².